The van der Waals surface area contributed by atoms with Gasteiger partial charge in [0.05, 0.1) is 29.7 Å². The third-order valence-electron chi connectivity index (χ3n) is 4.23. The number of carbonyl (C=O) groups excluding carboxylic acids is 1. The average molecular weight is 369 g/mol. The Morgan fingerprint density at radius 1 is 1.19 bits per heavy atom. The highest BCUT2D eigenvalue weighted by Crippen LogP contribution is 2.22. The van der Waals surface area contributed by atoms with E-state index in [1.54, 1.807) is 29.5 Å². The van der Waals surface area contributed by atoms with Crippen LogP contribution in [0.1, 0.15) is 29.7 Å². The Labute approximate surface area is 158 Å². The van der Waals surface area contributed by atoms with Crippen LogP contribution >= 0.6 is 11.6 Å². The minimum Gasteiger partial charge on any atom is -0.345 e. The molecule has 0 aliphatic rings. The van der Waals surface area contributed by atoms with Gasteiger partial charge in [-0.1, -0.05) is 54.4 Å². The van der Waals surface area contributed by atoms with Crippen LogP contribution in [0.2, 0.25) is 5.02 Å². The number of benzene rings is 1. The van der Waals surface area contributed by atoms with Crippen LogP contribution in [0.25, 0.3) is 0 Å². The second-order valence-electron chi connectivity index (χ2n) is 6.42. The summed E-state index contributed by atoms with van der Waals surface area (Å²) in [6, 6.07) is 11.7. The summed E-state index contributed by atoms with van der Waals surface area (Å²) < 4.78 is 1.68. The SMILES string of the molecule is Cc1ccc([C@H](NC(=O)[C@H](C)Cn2cc(Cl)cn2)c2cccnc2)cc1. The first-order valence-corrected chi connectivity index (χ1v) is 8.85. The van der Waals surface area contributed by atoms with Crippen LogP contribution in [-0.2, 0) is 11.3 Å². The predicted octanol–water partition coefficient (Wildman–Crippen LogP) is 3.78. The van der Waals surface area contributed by atoms with E-state index in [0.29, 0.717) is 11.6 Å². The van der Waals surface area contributed by atoms with Crippen LogP contribution in [0, 0.1) is 12.8 Å². The Balaban J connectivity index is 1.78. The van der Waals surface area contributed by atoms with Crippen molar-refractivity contribution < 1.29 is 4.79 Å². The van der Waals surface area contributed by atoms with Gasteiger partial charge in [-0.05, 0) is 24.1 Å². The predicted molar refractivity (Wildman–Crippen MR) is 102 cm³/mol. The number of pyridine rings is 1. The molecule has 1 N–H and O–H groups in total. The molecule has 5 nitrogen and oxygen atoms in total. The van der Waals surface area contributed by atoms with Crippen LogP contribution in [-0.4, -0.2) is 20.7 Å². The molecule has 0 unspecified atom stereocenters. The molecule has 3 aromatic rings. The maximum atomic E-state index is 12.8. The Morgan fingerprint density at radius 3 is 2.58 bits per heavy atom. The number of hydrogen-bond acceptors (Lipinski definition) is 3. The Hall–Kier alpha value is -2.66. The number of carbonyl (C=O) groups is 1. The van der Waals surface area contributed by atoms with Gasteiger partial charge in [0.1, 0.15) is 0 Å². The fraction of sp³-hybridized carbons (Fsp3) is 0.250. The van der Waals surface area contributed by atoms with Crippen LogP contribution in [0.4, 0.5) is 0 Å². The fourth-order valence-electron chi connectivity index (χ4n) is 2.75. The van der Waals surface area contributed by atoms with E-state index in [2.05, 4.69) is 15.4 Å². The minimum absolute atomic E-state index is 0.0500. The molecule has 1 amide bonds. The highest BCUT2D eigenvalue weighted by atomic mass is 35.5. The van der Waals surface area contributed by atoms with Crippen LogP contribution in [0.15, 0.2) is 61.2 Å². The zero-order valence-corrected chi connectivity index (χ0v) is 15.5. The van der Waals surface area contributed by atoms with E-state index in [0.717, 1.165) is 11.1 Å². The largest absolute Gasteiger partial charge is 0.345 e. The van der Waals surface area contributed by atoms with Gasteiger partial charge in [-0.15, -0.1) is 0 Å². The van der Waals surface area contributed by atoms with E-state index < -0.39 is 0 Å². The molecule has 0 spiro atoms. The maximum absolute atomic E-state index is 12.8. The number of rotatable bonds is 6. The second kappa shape index (κ2) is 8.15. The van der Waals surface area contributed by atoms with Gasteiger partial charge in [-0.25, -0.2) is 0 Å². The van der Waals surface area contributed by atoms with Crippen molar-refractivity contribution in [3.8, 4) is 0 Å². The van der Waals surface area contributed by atoms with Gasteiger partial charge in [-0.3, -0.25) is 14.5 Å². The number of amides is 1. The molecule has 0 fully saturated rings. The first-order chi connectivity index (χ1) is 12.5. The minimum atomic E-state index is -0.254. The second-order valence-corrected chi connectivity index (χ2v) is 6.86. The molecule has 0 saturated heterocycles. The lowest BCUT2D eigenvalue weighted by Gasteiger charge is -2.22. The van der Waals surface area contributed by atoms with E-state index in [1.165, 1.54) is 5.56 Å². The van der Waals surface area contributed by atoms with E-state index in [-0.39, 0.29) is 17.9 Å². The van der Waals surface area contributed by atoms with Crippen molar-refractivity contribution in [2.24, 2.45) is 5.92 Å². The quantitative estimate of drug-likeness (QED) is 0.720. The summed E-state index contributed by atoms with van der Waals surface area (Å²) in [7, 11) is 0. The van der Waals surface area contributed by atoms with Crippen molar-refractivity contribution in [2.45, 2.75) is 26.4 Å². The topological polar surface area (TPSA) is 59.8 Å². The number of hydrogen-bond donors (Lipinski definition) is 1. The molecule has 2 aromatic heterocycles. The zero-order chi connectivity index (χ0) is 18.5. The molecule has 134 valence electrons. The molecule has 0 saturated carbocycles. The molecule has 2 atom stereocenters. The van der Waals surface area contributed by atoms with Gasteiger partial charge in [0.2, 0.25) is 5.91 Å². The van der Waals surface area contributed by atoms with Crippen molar-refractivity contribution in [3.63, 3.8) is 0 Å². The number of halogens is 1. The van der Waals surface area contributed by atoms with E-state index in [4.69, 9.17) is 11.6 Å². The van der Waals surface area contributed by atoms with Gasteiger partial charge < -0.3 is 5.32 Å². The van der Waals surface area contributed by atoms with Gasteiger partial charge in [0, 0.05) is 18.6 Å². The molecule has 26 heavy (non-hydrogen) atoms. The van der Waals surface area contributed by atoms with E-state index in [1.807, 2.05) is 50.2 Å². The van der Waals surface area contributed by atoms with Crippen LogP contribution in [0.5, 0.6) is 0 Å². The van der Waals surface area contributed by atoms with Crippen molar-refractivity contribution >= 4 is 17.5 Å². The number of aryl methyl sites for hydroxylation is 1. The van der Waals surface area contributed by atoms with Crippen molar-refractivity contribution in [1.82, 2.24) is 20.1 Å². The molecule has 1 aromatic carbocycles. The molecule has 2 heterocycles. The molecular formula is C20H21ClN4O. The number of nitrogens with zero attached hydrogens (tertiary/aromatic N) is 3. The Bertz CT molecular complexity index is 861. The summed E-state index contributed by atoms with van der Waals surface area (Å²) in [4.78, 5) is 17.0. The highest BCUT2D eigenvalue weighted by molar-refractivity contribution is 6.30. The zero-order valence-electron chi connectivity index (χ0n) is 14.8. The molecule has 0 bridgehead atoms. The van der Waals surface area contributed by atoms with Crippen LogP contribution in [0.3, 0.4) is 0 Å². The standard InChI is InChI=1S/C20H21ClN4O/c1-14-5-7-16(8-6-14)19(17-4-3-9-22-10-17)24-20(26)15(2)12-25-13-18(21)11-23-25/h3-11,13,15,19H,12H2,1-2H3,(H,24,26)/t15-,19+/m1/s1. The summed E-state index contributed by atoms with van der Waals surface area (Å²) in [6.07, 6.45) is 6.78. The summed E-state index contributed by atoms with van der Waals surface area (Å²) in [5.74, 6) is -0.304. The lowest BCUT2D eigenvalue weighted by Crippen LogP contribution is -2.35. The van der Waals surface area contributed by atoms with Crippen molar-refractivity contribution in [3.05, 3.63) is 82.9 Å². The summed E-state index contributed by atoms with van der Waals surface area (Å²) in [5.41, 5.74) is 3.14. The fourth-order valence-corrected chi connectivity index (χ4v) is 2.91. The molecule has 6 heteroatoms. The third-order valence-corrected chi connectivity index (χ3v) is 4.42. The first kappa shape index (κ1) is 18.1. The normalized spacial score (nSPS) is 13.2. The van der Waals surface area contributed by atoms with Crippen LogP contribution < -0.4 is 5.32 Å². The number of aromatic nitrogens is 3. The van der Waals surface area contributed by atoms with Gasteiger partial charge in [0.15, 0.2) is 0 Å². The molecule has 0 aliphatic heterocycles. The van der Waals surface area contributed by atoms with Gasteiger partial charge >= 0.3 is 0 Å². The Kier molecular flexibility index (Phi) is 5.68. The Morgan fingerprint density at radius 2 is 1.96 bits per heavy atom. The first-order valence-electron chi connectivity index (χ1n) is 8.48. The third kappa shape index (κ3) is 4.49. The van der Waals surface area contributed by atoms with Crippen molar-refractivity contribution in [2.75, 3.05) is 0 Å². The van der Waals surface area contributed by atoms with E-state index >= 15 is 0 Å². The molecule has 0 radical (unpaired) electrons. The molecular weight excluding hydrogens is 348 g/mol. The highest BCUT2D eigenvalue weighted by Gasteiger charge is 2.21. The number of nitrogens with one attached hydrogen (secondary N) is 1. The molecule has 0 aliphatic carbocycles. The lowest BCUT2D eigenvalue weighted by molar-refractivity contribution is -0.125. The summed E-state index contributed by atoms with van der Waals surface area (Å²) >= 11 is 5.89. The smallest absolute Gasteiger partial charge is 0.225 e. The van der Waals surface area contributed by atoms with E-state index in [9.17, 15) is 4.79 Å². The monoisotopic (exact) mass is 368 g/mol. The average Bonchev–Trinajstić information content (AvgIpc) is 3.06. The van der Waals surface area contributed by atoms with Crippen molar-refractivity contribution in [1.29, 1.82) is 0 Å². The van der Waals surface area contributed by atoms with Gasteiger partial charge in [0.25, 0.3) is 0 Å². The summed E-state index contributed by atoms with van der Waals surface area (Å²) in [6.45, 7) is 4.38. The lowest BCUT2D eigenvalue weighted by atomic mass is 9.98. The van der Waals surface area contributed by atoms with Gasteiger partial charge in [-0.2, -0.15) is 5.10 Å². The molecule has 3 rings (SSSR count). The maximum Gasteiger partial charge on any atom is 0.225 e. The summed E-state index contributed by atoms with van der Waals surface area (Å²) in [5, 5.41) is 7.84.